The van der Waals surface area contributed by atoms with Crippen LogP contribution in [0.5, 0.6) is 0 Å². The Morgan fingerprint density at radius 2 is 2.00 bits per heavy atom. The van der Waals surface area contributed by atoms with Crippen molar-refractivity contribution in [3.8, 4) is 0 Å². The minimum Gasteiger partial charge on any atom is -0.322 e. The third kappa shape index (κ3) is 4.20. The van der Waals surface area contributed by atoms with Gasteiger partial charge in [0.1, 0.15) is 0 Å². The second-order valence-electron chi connectivity index (χ2n) is 4.11. The molecule has 0 aliphatic heterocycles. The Labute approximate surface area is 126 Å². The number of rotatable bonds is 3. The standard InChI is InChI=1S/C14H14IN3O/c1-18(10-13-4-2-3-9-16-13)14(19)17-12-7-5-11(15)6-8-12/h2-9H,10H2,1H3,(H,17,19). The normalized spacial score (nSPS) is 10.0. The molecule has 0 saturated carbocycles. The highest BCUT2D eigenvalue weighted by Crippen LogP contribution is 2.12. The van der Waals surface area contributed by atoms with Crippen LogP contribution < -0.4 is 5.32 Å². The van der Waals surface area contributed by atoms with E-state index in [9.17, 15) is 4.79 Å². The lowest BCUT2D eigenvalue weighted by molar-refractivity contribution is 0.220. The molecular weight excluding hydrogens is 353 g/mol. The van der Waals surface area contributed by atoms with Gasteiger partial charge in [-0.2, -0.15) is 0 Å². The van der Waals surface area contributed by atoms with Gasteiger partial charge in [-0.05, 0) is 59.0 Å². The van der Waals surface area contributed by atoms with E-state index in [1.807, 2.05) is 42.5 Å². The molecule has 0 spiro atoms. The highest BCUT2D eigenvalue weighted by molar-refractivity contribution is 14.1. The first kappa shape index (κ1) is 13.8. The maximum atomic E-state index is 12.0. The average molecular weight is 367 g/mol. The van der Waals surface area contributed by atoms with E-state index in [1.54, 1.807) is 18.1 Å². The van der Waals surface area contributed by atoms with Gasteiger partial charge in [0.05, 0.1) is 12.2 Å². The summed E-state index contributed by atoms with van der Waals surface area (Å²) in [5.74, 6) is 0. The number of halogens is 1. The first-order valence-electron chi connectivity index (χ1n) is 5.83. The molecule has 1 heterocycles. The summed E-state index contributed by atoms with van der Waals surface area (Å²) in [5.41, 5.74) is 1.65. The number of nitrogens with one attached hydrogen (secondary N) is 1. The van der Waals surface area contributed by atoms with Crippen molar-refractivity contribution in [3.63, 3.8) is 0 Å². The van der Waals surface area contributed by atoms with E-state index in [-0.39, 0.29) is 6.03 Å². The molecule has 1 aromatic carbocycles. The fourth-order valence-electron chi connectivity index (χ4n) is 1.56. The quantitative estimate of drug-likeness (QED) is 0.846. The Hall–Kier alpha value is -1.63. The van der Waals surface area contributed by atoms with Gasteiger partial charge in [0.15, 0.2) is 0 Å². The van der Waals surface area contributed by atoms with Gasteiger partial charge in [-0.3, -0.25) is 4.98 Å². The number of benzene rings is 1. The number of carbonyl (C=O) groups excluding carboxylic acids is 1. The van der Waals surface area contributed by atoms with Crippen molar-refractivity contribution < 1.29 is 4.79 Å². The summed E-state index contributed by atoms with van der Waals surface area (Å²) >= 11 is 2.23. The molecule has 0 aliphatic rings. The van der Waals surface area contributed by atoms with Gasteiger partial charge in [0.25, 0.3) is 0 Å². The van der Waals surface area contributed by atoms with Crippen LogP contribution in [0.3, 0.4) is 0 Å². The predicted molar refractivity (Wildman–Crippen MR) is 83.9 cm³/mol. The summed E-state index contributed by atoms with van der Waals surface area (Å²) in [7, 11) is 1.75. The zero-order chi connectivity index (χ0) is 13.7. The molecule has 0 fully saturated rings. The fourth-order valence-corrected chi connectivity index (χ4v) is 1.92. The largest absolute Gasteiger partial charge is 0.322 e. The zero-order valence-corrected chi connectivity index (χ0v) is 12.7. The van der Waals surface area contributed by atoms with Crippen LogP contribution in [0.1, 0.15) is 5.69 Å². The Morgan fingerprint density at radius 3 is 2.63 bits per heavy atom. The average Bonchev–Trinajstić information content (AvgIpc) is 2.42. The molecular formula is C14H14IN3O. The van der Waals surface area contributed by atoms with E-state index < -0.39 is 0 Å². The van der Waals surface area contributed by atoms with Gasteiger partial charge in [0.2, 0.25) is 0 Å². The zero-order valence-electron chi connectivity index (χ0n) is 10.5. The molecule has 0 radical (unpaired) electrons. The molecule has 4 nitrogen and oxygen atoms in total. The Morgan fingerprint density at radius 1 is 1.26 bits per heavy atom. The molecule has 2 rings (SSSR count). The van der Waals surface area contributed by atoms with Gasteiger partial charge in [-0.25, -0.2) is 4.79 Å². The van der Waals surface area contributed by atoms with Gasteiger partial charge in [-0.15, -0.1) is 0 Å². The van der Waals surface area contributed by atoms with Crippen molar-refractivity contribution in [2.24, 2.45) is 0 Å². The lowest BCUT2D eigenvalue weighted by Crippen LogP contribution is -2.31. The van der Waals surface area contributed by atoms with Gasteiger partial charge < -0.3 is 10.2 Å². The second kappa shape index (κ2) is 6.51. The molecule has 0 atom stereocenters. The minimum atomic E-state index is -0.146. The molecule has 98 valence electrons. The van der Waals surface area contributed by atoms with Crippen molar-refractivity contribution in [3.05, 3.63) is 57.9 Å². The van der Waals surface area contributed by atoms with Crippen molar-refractivity contribution in [2.45, 2.75) is 6.54 Å². The highest BCUT2D eigenvalue weighted by atomic mass is 127. The van der Waals surface area contributed by atoms with Gasteiger partial charge in [-0.1, -0.05) is 6.07 Å². The first-order valence-corrected chi connectivity index (χ1v) is 6.90. The molecule has 0 aliphatic carbocycles. The second-order valence-corrected chi connectivity index (χ2v) is 5.36. The highest BCUT2D eigenvalue weighted by Gasteiger charge is 2.09. The SMILES string of the molecule is CN(Cc1ccccn1)C(=O)Nc1ccc(I)cc1. The number of pyridine rings is 1. The van der Waals surface area contributed by atoms with Crippen molar-refractivity contribution in [1.82, 2.24) is 9.88 Å². The molecule has 1 N–H and O–H groups in total. The van der Waals surface area contributed by atoms with E-state index in [0.29, 0.717) is 6.54 Å². The number of nitrogens with zero attached hydrogens (tertiary/aromatic N) is 2. The van der Waals surface area contributed by atoms with Gasteiger partial charge >= 0.3 is 6.03 Å². The van der Waals surface area contributed by atoms with Gasteiger partial charge in [0, 0.05) is 22.5 Å². The number of carbonyl (C=O) groups is 1. The molecule has 0 saturated heterocycles. The smallest absolute Gasteiger partial charge is 0.321 e. The van der Waals surface area contributed by atoms with Crippen molar-refractivity contribution in [2.75, 3.05) is 12.4 Å². The minimum absolute atomic E-state index is 0.146. The number of hydrogen-bond donors (Lipinski definition) is 1. The maximum absolute atomic E-state index is 12.0. The molecule has 0 unspecified atom stereocenters. The van der Waals surface area contributed by atoms with Crippen molar-refractivity contribution >= 4 is 34.3 Å². The van der Waals surface area contributed by atoms with Crippen LogP contribution in [0.15, 0.2) is 48.7 Å². The van der Waals surface area contributed by atoms with Crippen LogP contribution in [0.25, 0.3) is 0 Å². The van der Waals surface area contributed by atoms with E-state index in [4.69, 9.17) is 0 Å². The van der Waals surface area contributed by atoms with E-state index >= 15 is 0 Å². The molecule has 19 heavy (non-hydrogen) atoms. The van der Waals surface area contributed by atoms with Crippen molar-refractivity contribution in [1.29, 1.82) is 0 Å². The van der Waals surface area contributed by atoms with Crippen LogP contribution in [-0.2, 0) is 6.54 Å². The summed E-state index contributed by atoms with van der Waals surface area (Å²) in [6.45, 7) is 0.483. The third-order valence-electron chi connectivity index (χ3n) is 2.57. The summed E-state index contributed by atoms with van der Waals surface area (Å²) in [4.78, 5) is 17.8. The van der Waals surface area contributed by atoms with E-state index in [1.165, 1.54) is 0 Å². The van der Waals surface area contributed by atoms with Crippen LogP contribution in [0.2, 0.25) is 0 Å². The van der Waals surface area contributed by atoms with E-state index in [0.717, 1.165) is 15.0 Å². The molecule has 5 heteroatoms. The summed E-state index contributed by atoms with van der Waals surface area (Å²) < 4.78 is 1.14. The third-order valence-corrected chi connectivity index (χ3v) is 3.29. The Balaban J connectivity index is 1.94. The first-order chi connectivity index (χ1) is 9.15. The topological polar surface area (TPSA) is 45.2 Å². The number of hydrogen-bond acceptors (Lipinski definition) is 2. The number of urea groups is 1. The molecule has 0 bridgehead atoms. The molecule has 2 aromatic rings. The monoisotopic (exact) mass is 367 g/mol. The lowest BCUT2D eigenvalue weighted by atomic mass is 10.3. The number of aromatic nitrogens is 1. The lowest BCUT2D eigenvalue weighted by Gasteiger charge is -2.17. The van der Waals surface area contributed by atoms with Crippen LogP contribution in [0.4, 0.5) is 10.5 Å². The van der Waals surface area contributed by atoms with Crippen LogP contribution in [-0.4, -0.2) is 23.0 Å². The summed E-state index contributed by atoms with van der Waals surface area (Å²) in [6.07, 6.45) is 1.72. The van der Waals surface area contributed by atoms with Crippen LogP contribution in [0, 0.1) is 3.57 Å². The number of amides is 2. The maximum Gasteiger partial charge on any atom is 0.321 e. The fraction of sp³-hybridized carbons (Fsp3) is 0.143. The summed E-state index contributed by atoms with van der Waals surface area (Å²) in [6, 6.07) is 13.2. The Kier molecular flexibility index (Phi) is 4.73. The summed E-state index contributed by atoms with van der Waals surface area (Å²) in [5, 5.41) is 2.85. The molecule has 2 amide bonds. The number of anilines is 1. The predicted octanol–water partition coefficient (Wildman–Crippen LogP) is 3.35. The Bertz CT molecular complexity index is 542. The van der Waals surface area contributed by atoms with E-state index in [2.05, 4.69) is 32.9 Å². The van der Waals surface area contributed by atoms with Crippen LogP contribution >= 0.6 is 22.6 Å². The molecule has 1 aromatic heterocycles.